The first kappa shape index (κ1) is 36.5. The molecule has 2 aromatic carbocycles. The van der Waals surface area contributed by atoms with Crippen LogP contribution < -0.4 is 5.32 Å². The summed E-state index contributed by atoms with van der Waals surface area (Å²) >= 11 is 0. The van der Waals surface area contributed by atoms with Crippen molar-refractivity contribution in [3.8, 4) is 11.1 Å². The SMILES string of the molecule is CC[C@H](C)[C@@H]([C@@H](CC(=O)O)OC)N(C)C(=O)[C@@H](NC(=O)C(C(C)C)N(C)C(=O)OCC1c2ccccc2-c2ccccc21)C(C)C. The highest BCUT2D eigenvalue weighted by molar-refractivity contribution is 5.91. The largest absolute Gasteiger partial charge is 0.481 e. The predicted octanol–water partition coefficient (Wildman–Crippen LogP) is 5.40. The third-order valence-electron chi connectivity index (χ3n) is 9.25. The summed E-state index contributed by atoms with van der Waals surface area (Å²) in [5, 5.41) is 12.4. The normalized spacial score (nSPS) is 15.7. The molecule has 10 nitrogen and oxygen atoms in total. The van der Waals surface area contributed by atoms with Gasteiger partial charge in [-0.05, 0) is 40.0 Å². The number of carbonyl (C=O) groups is 4. The minimum Gasteiger partial charge on any atom is -0.481 e. The van der Waals surface area contributed by atoms with Crippen LogP contribution >= 0.6 is 0 Å². The number of hydrogen-bond acceptors (Lipinski definition) is 6. The average Bonchev–Trinajstić information content (AvgIpc) is 3.34. The number of hydrogen-bond donors (Lipinski definition) is 2. The van der Waals surface area contributed by atoms with E-state index in [0.29, 0.717) is 6.42 Å². The summed E-state index contributed by atoms with van der Waals surface area (Å²) in [6, 6.07) is 13.8. The molecule has 0 bridgehead atoms. The number of benzene rings is 2. The number of amides is 3. The molecule has 10 heteroatoms. The van der Waals surface area contributed by atoms with Crippen molar-refractivity contribution in [1.82, 2.24) is 15.1 Å². The Labute approximate surface area is 273 Å². The zero-order valence-corrected chi connectivity index (χ0v) is 28.7. The molecular formula is C36H51N3O7. The van der Waals surface area contributed by atoms with Gasteiger partial charge in [0.1, 0.15) is 18.7 Å². The number of likely N-dealkylation sites (N-methyl/N-ethyl adjacent to an activating group) is 2. The third kappa shape index (κ3) is 8.07. The smallest absolute Gasteiger partial charge is 0.410 e. The second-order valence-corrected chi connectivity index (χ2v) is 13.0. The molecule has 2 aromatic rings. The van der Waals surface area contributed by atoms with E-state index in [1.807, 2.05) is 77.9 Å². The number of nitrogens with one attached hydrogen (secondary N) is 1. The van der Waals surface area contributed by atoms with Gasteiger partial charge in [0.15, 0.2) is 0 Å². The number of carboxylic acids is 1. The highest BCUT2D eigenvalue weighted by Gasteiger charge is 2.40. The molecule has 1 unspecified atom stereocenters. The topological polar surface area (TPSA) is 125 Å². The van der Waals surface area contributed by atoms with Gasteiger partial charge in [-0.2, -0.15) is 0 Å². The van der Waals surface area contributed by atoms with Crippen LogP contribution in [0.1, 0.15) is 71.4 Å². The molecule has 0 aliphatic heterocycles. The quantitative estimate of drug-likeness (QED) is 0.268. The Hall–Kier alpha value is -3.92. The molecular weight excluding hydrogens is 586 g/mol. The molecule has 5 atom stereocenters. The first-order valence-corrected chi connectivity index (χ1v) is 16.1. The van der Waals surface area contributed by atoms with E-state index in [2.05, 4.69) is 17.4 Å². The zero-order valence-electron chi connectivity index (χ0n) is 28.7. The van der Waals surface area contributed by atoms with Gasteiger partial charge in [0, 0.05) is 27.1 Å². The van der Waals surface area contributed by atoms with E-state index in [9.17, 15) is 24.3 Å². The zero-order chi connectivity index (χ0) is 34.3. The summed E-state index contributed by atoms with van der Waals surface area (Å²) in [4.78, 5) is 55.6. The van der Waals surface area contributed by atoms with Crippen LogP contribution in [0.5, 0.6) is 0 Å². The highest BCUT2D eigenvalue weighted by Crippen LogP contribution is 2.44. The fourth-order valence-electron chi connectivity index (χ4n) is 6.61. The number of rotatable bonds is 15. The van der Waals surface area contributed by atoms with Gasteiger partial charge in [-0.1, -0.05) is 96.5 Å². The molecule has 0 saturated carbocycles. The van der Waals surface area contributed by atoms with Gasteiger partial charge >= 0.3 is 12.1 Å². The van der Waals surface area contributed by atoms with E-state index in [1.54, 1.807) is 7.05 Å². The minimum atomic E-state index is -1.02. The molecule has 0 radical (unpaired) electrons. The minimum absolute atomic E-state index is 0.0649. The number of ether oxygens (including phenoxy) is 2. The van der Waals surface area contributed by atoms with Crippen LogP contribution in [-0.2, 0) is 23.9 Å². The molecule has 3 rings (SSSR count). The second kappa shape index (κ2) is 16.1. The number of carboxylic acid groups (broad SMARTS) is 1. The molecule has 252 valence electrons. The lowest BCUT2D eigenvalue weighted by Gasteiger charge is -2.40. The molecule has 3 amide bonds. The molecule has 1 aliphatic rings. The first-order valence-electron chi connectivity index (χ1n) is 16.1. The lowest BCUT2D eigenvalue weighted by Crippen LogP contribution is -2.60. The van der Waals surface area contributed by atoms with Crippen LogP contribution in [0.3, 0.4) is 0 Å². The summed E-state index contributed by atoms with van der Waals surface area (Å²) in [7, 11) is 4.60. The lowest BCUT2D eigenvalue weighted by molar-refractivity contribution is -0.148. The summed E-state index contributed by atoms with van der Waals surface area (Å²) < 4.78 is 11.4. The Morgan fingerprint density at radius 1 is 0.870 bits per heavy atom. The van der Waals surface area contributed by atoms with E-state index < -0.39 is 42.2 Å². The maximum atomic E-state index is 13.9. The van der Waals surface area contributed by atoms with Crippen molar-refractivity contribution < 1.29 is 33.8 Å². The Bertz CT molecular complexity index is 1330. The van der Waals surface area contributed by atoms with Crippen LogP contribution in [0.2, 0.25) is 0 Å². The molecule has 1 aliphatic carbocycles. The Kier molecular flexibility index (Phi) is 12.8. The predicted molar refractivity (Wildman–Crippen MR) is 177 cm³/mol. The monoisotopic (exact) mass is 637 g/mol. The highest BCUT2D eigenvalue weighted by atomic mass is 16.6. The first-order chi connectivity index (χ1) is 21.7. The van der Waals surface area contributed by atoms with E-state index in [-0.39, 0.29) is 42.6 Å². The molecule has 0 fully saturated rings. The van der Waals surface area contributed by atoms with E-state index in [0.717, 1.165) is 22.3 Å². The standard InChI is InChI=1S/C36H51N3O7/c1-10-23(6)33(29(45-9)19-30(40)41)38(7)35(43)31(21(2)3)37-34(42)32(22(4)5)39(8)36(44)46-20-28-26-17-13-11-15-24(26)25-16-12-14-18-27(25)28/h11-18,21-23,28-29,31-33H,10,19-20H2,1-9H3,(H,37,42)(H,40,41)/t23-,29+,31-,32?,33-/m0/s1. The van der Waals surface area contributed by atoms with Gasteiger partial charge in [-0.15, -0.1) is 0 Å². The van der Waals surface area contributed by atoms with E-state index >= 15 is 0 Å². The summed E-state index contributed by atoms with van der Waals surface area (Å²) in [5.74, 6) is -2.61. The van der Waals surface area contributed by atoms with Gasteiger partial charge in [-0.3, -0.25) is 19.3 Å². The van der Waals surface area contributed by atoms with Crippen molar-refractivity contribution in [2.45, 2.75) is 84.5 Å². The number of nitrogens with zero attached hydrogens (tertiary/aromatic N) is 2. The maximum absolute atomic E-state index is 13.9. The number of fused-ring (bicyclic) bond motifs is 3. The van der Waals surface area contributed by atoms with Crippen molar-refractivity contribution >= 4 is 23.9 Å². The number of carbonyl (C=O) groups excluding carboxylic acids is 3. The van der Waals surface area contributed by atoms with Gasteiger partial charge in [0.25, 0.3) is 0 Å². The van der Waals surface area contributed by atoms with Crippen LogP contribution in [0.25, 0.3) is 11.1 Å². The van der Waals surface area contributed by atoms with E-state index in [4.69, 9.17) is 9.47 Å². The van der Waals surface area contributed by atoms with Gasteiger partial charge < -0.3 is 24.8 Å². The molecule has 0 heterocycles. The molecule has 0 aromatic heterocycles. The van der Waals surface area contributed by atoms with Gasteiger partial charge in [0.2, 0.25) is 11.8 Å². The van der Waals surface area contributed by atoms with Gasteiger partial charge in [0.05, 0.1) is 18.6 Å². The number of aliphatic carboxylic acids is 1. The van der Waals surface area contributed by atoms with Crippen molar-refractivity contribution in [3.63, 3.8) is 0 Å². The summed E-state index contributed by atoms with van der Waals surface area (Å²) in [5.41, 5.74) is 4.43. The van der Waals surface area contributed by atoms with E-state index in [1.165, 1.54) is 24.0 Å². The fraction of sp³-hybridized carbons (Fsp3) is 0.556. The third-order valence-corrected chi connectivity index (χ3v) is 9.25. The second-order valence-electron chi connectivity index (χ2n) is 13.0. The van der Waals surface area contributed by atoms with Crippen molar-refractivity contribution in [2.75, 3.05) is 27.8 Å². The van der Waals surface area contributed by atoms with Crippen LogP contribution in [0.15, 0.2) is 48.5 Å². The number of methoxy groups -OCH3 is 1. The molecule has 0 spiro atoms. The van der Waals surface area contributed by atoms with Crippen LogP contribution in [0, 0.1) is 17.8 Å². The van der Waals surface area contributed by atoms with Crippen molar-refractivity contribution in [3.05, 3.63) is 59.7 Å². The summed E-state index contributed by atoms with van der Waals surface area (Å²) in [6.07, 6.45) is -0.926. The maximum Gasteiger partial charge on any atom is 0.410 e. The van der Waals surface area contributed by atoms with Crippen LogP contribution in [-0.4, -0.2) is 90.8 Å². The van der Waals surface area contributed by atoms with Gasteiger partial charge in [-0.25, -0.2) is 4.79 Å². The molecule has 46 heavy (non-hydrogen) atoms. The lowest BCUT2D eigenvalue weighted by atomic mass is 9.90. The Morgan fingerprint density at radius 2 is 1.41 bits per heavy atom. The fourth-order valence-corrected chi connectivity index (χ4v) is 6.61. The Morgan fingerprint density at radius 3 is 1.87 bits per heavy atom. The van der Waals surface area contributed by atoms with Crippen LogP contribution in [0.4, 0.5) is 4.79 Å². The molecule has 2 N–H and O–H groups in total. The molecule has 0 saturated heterocycles. The van der Waals surface area contributed by atoms with Crippen molar-refractivity contribution in [1.29, 1.82) is 0 Å². The average molecular weight is 638 g/mol. The van der Waals surface area contributed by atoms with Crippen molar-refractivity contribution in [2.24, 2.45) is 17.8 Å². The Balaban J connectivity index is 1.76. The summed E-state index contributed by atoms with van der Waals surface area (Å²) in [6.45, 7) is 11.4.